The molecule has 1 fully saturated rings. The molecule has 2 atom stereocenters. The van der Waals surface area contributed by atoms with E-state index in [4.69, 9.17) is 4.74 Å². The van der Waals surface area contributed by atoms with Gasteiger partial charge in [-0.05, 0) is 52.4 Å². The van der Waals surface area contributed by atoms with Crippen molar-refractivity contribution < 1.29 is 9.53 Å². The van der Waals surface area contributed by atoms with Crippen molar-refractivity contribution >= 4 is 6.09 Å². The summed E-state index contributed by atoms with van der Waals surface area (Å²) >= 11 is 0. The highest BCUT2D eigenvalue weighted by Crippen LogP contribution is 2.29. The SMILES string of the molecule is CC(C)C1CCN(C(=O)OC(C)(C)C)C(C)C1. The number of hydrogen-bond donors (Lipinski definition) is 0. The van der Waals surface area contributed by atoms with E-state index in [0.717, 1.165) is 25.3 Å². The van der Waals surface area contributed by atoms with Crippen LogP contribution in [0.2, 0.25) is 0 Å². The number of likely N-dealkylation sites (tertiary alicyclic amines) is 1. The van der Waals surface area contributed by atoms with Crippen LogP contribution in [0, 0.1) is 11.8 Å². The molecule has 0 aromatic rings. The van der Waals surface area contributed by atoms with Crippen LogP contribution in [-0.2, 0) is 4.74 Å². The number of carbonyl (C=O) groups is 1. The summed E-state index contributed by atoms with van der Waals surface area (Å²) in [7, 11) is 0. The number of ether oxygens (including phenoxy) is 1. The number of nitrogens with zero attached hydrogens (tertiary/aromatic N) is 1. The minimum absolute atomic E-state index is 0.160. The Balaban J connectivity index is 2.55. The van der Waals surface area contributed by atoms with Crippen molar-refractivity contribution in [3.05, 3.63) is 0 Å². The molecule has 0 aliphatic carbocycles. The molecule has 0 spiro atoms. The van der Waals surface area contributed by atoms with E-state index in [1.165, 1.54) is 0 Å². The average molecular weight is 241 g/mol. The first-order valence-electron chi connectivity index (χ1n) is 6.70. The van der Waals surface area contributed by atoms with Crippen LogP contribution in [0.25, 0.3) is 0 Å². The molecule has 0 saturated carbocycles. The Morgan fingerprint density at radius 1 is 1.35 bits per heavy atom. The molecule has 100 valence electrons. The zero-order valence-corrected chi connectivity index (χ0v) is 12.1. The lowest BCUT2D eigenvalue weighted by molar-refractivity contribution is 0.00451. The van der Waals surface area contributed by atoms with Gasteiger partial charge in [0, 0.05) is 12.6 Å². The van der Waals surface area contributed by atoms with E-state index >= 15 is 0 Å². The highest BCUT2D eigenvalue weighted by molar-refractivity contribution is 5.68. The molecule has 1 rings (SSSR count). The van der Waals surface area contributed by atoms with Gasteiger partial charge in [0.25, 0.3) is 0 Å². The van der Waals surface area contributed by atoms with Gasteiger partial charge in [-0.2, -0.15) is 0 Å². The Hall–Kier alpha value is -0.730. The molecule has 0 aromatic carbocycles. The first-order chi connectivity index (χ1) is 7.70. The van der Waals surface area contributed by atoms with Crippen molar-refractivity contribution in [1.82, 2.24) is 4.90 Å². The Kier molecular flexibility index (Phi) is 4.45. The fourth-order valence-corrected chi connectivity index (χ4v) is 2.41. The van der Waals surface area contributed by atoms with Gasteiger partial charge in [0.1, 0.15) is 5.60 Å². The lowest BCUT2D eigenvalue weighted by Gasteiger charge is -2.39. The lowest BCUT2D eigenvalue weighted by Crippen LogP contribution is -2.47. The highest BCUT2D eigenvalue weighted by atomic mass is 16.6. The Labute approximate surface area is 106 Å². The maximum Gasteiger partial charge on any atom is 0.410 e. The van der Waals surface area contributed by atoms with Gasteiger partial charge < -0.3 is 9.64 Å². The van der Waals surface area contributed by atoms with Crippen molar-refractivity contribution in [2.24, 2.45) is 11.8 Å². The molecule has 2 unspecified atom stereocenters. The van der Waals surface area contributed by atoms with Gasteiger partial charge in [-0.3, -0.25) is 0 Å². The van der Waals surface area contributed by atoms with E-state index in [9.17, 15) is 4.79 Å². The summed E-state index contributed by atoms with van der Waals surface area (Å²) in [4.78, 5) is 13.9. The topological polar surface area (TPSA) is 29.5 Å². The van der Waals surface area contributed by atoms with Crippen molar-refractivity contribution in [3.63, 3.8) is 0 Å². The third-order valence-electron chi connectivity index (χ3n) is 3.49. The molecule has 3 heteroatoms. The molecule has 1 heterocycles. The van der Waals surface area contributed by atoms with Crippen LogP contribution in [0.3, 0.4) is 0 Å². The van der Waals surface area contributed by atoms with Gasteiger partial charge in [0.15, 0.2) is 0 Å². The van der Waals surface area contributed by atoms with Crippen LogP contribution >= 0.6 is 0 Å². The first-order valence-corrected chi connectivity index (χ1v) is 6.70. The van der Waals surface area contributed by atoms with Crippen LogP contribution in [0.1, 0.15) is 54.4 Å². The monoisotopic (exact) mass is 241 g/mol. The Morgan fingerprint density at radius 2 is 1.94 bits per heavy atom. The van der Waals surface area contributed by atoms with Gasteiger partial charge in [0.05, 0.1) is 0 Å². The van der Waals surface area contributed by atoms with Gasteiger partial charge in [-0.1, -0.05) is 13.8 Å². The molecule has 17 heavy (non-hydrogen) atoms. The fourth-order valence-electron chi connectivity index (χ4n) is 2.41. The Morgan fingerprint density at radius 3 is 2.35 bits per heavy atom. The van der Waals surface area contributed by atoms with E-state index in [1.54, 1.807) is 0 Å². The number of hydrogen-bond acceptors (Lipinski definition) is 2. The number of amides is 1. The largest absolute Gasteiger partial charge is 0.444 e. The minimum Gasteiger partial charge on any atom is -0.444 e. The summed E-state index contributed by atoms with van der Waals surface area (Å²) in [6.45, 7) is 13.2. The predicted octanol–water partition coefficient (Wildman–Crippen LogP) is 3.68. The molecule has 0 radical (unpaired) electrons. The number of carbonyl (C=O) groups excluding carboxylic acids is 1. The summed E-state index contributed by atoms with van der Waals surface area (Å²) in [5.74, 6) is 1.45. The van der Waals surface area contributed by atoms with Gasteiger partial charge in [-0.15, -0.1) is 0 Å². The van der Waals surface area contributed by atoms with Crippen molar-refractivity contribution in [2.75, 3.05) is 6.54 Å². The van der Waals surface area contributed by atoms with Gasteiger partial charge >= 0.3 is 6.09 Å². The zero-order valence-electron chi connectivity index (χ0n) is 12.1. The van der Waals surface area contributed by atoms with E-state index in [0.29, 0.717) is 12.0 Å². The van der Waals surface area contributed by atoms with E-state index in [2.05, 4.69) is 20.8 Å². The van der Waals surface area contributed by atoms with E-state index in [1.807, 2.05) is 25.7 Å². The molecular formula is C14H27NO2. The zero-order chi connectivity index (χ0) is 13.2. The van der Waals surface area contributed by atoms with Crippen LogP contribution in [0.5, 0.6) is 0 Å². The Bertz CT molecular complexity index is 268. The molecule has 1 aliphatic heterocycles. The second kappa shape index (κ2) is 5.28. The standard InChI is InChI=1S/C14H27NO2/c1-10(2)12-7-8-15(11(3)9-12)13(16)17-14(4,5)6/h10-12H,7-9H2,1-6H3. The van der Waals surface area contributed by atoms with E-state index in [-0.39, 0.29) is 6.09 Å². The van der Waals surface area contributed by atoms with Crippen molar-refractivity contribution in [2.45, 2.75) is 66.0 Å². The normalized spacial score (nSPS) is 26.2. The molecule has 0 bridgehead atoms. The lowest BCUT2D eigenvalue weighted by atomic mass is 9.83. The molecule has 1 saturated heterocycles. The summed E-state index contributed by atoms with van der Waals surface area (Å²) in [6.07, 6.45) is 2.03. The maximum absolute atomic E-state index is 12.0. The number of piperidine rings is 1. The summed E-state index contributed by atoms with van der Waals surface area (Å²) in [6, 6.07) is 0.297. The van der Waals surface area contributed by atoms with Crippen LogP contribution < -0.4 is 0 Å². The second-order valence-corrected chi connectivity index (χ2v) is 6.55. The number of rotatable bonds is 1. The van der Waals surface area contributed by atoms with Crippen LogP contribution in [0.4, 0.5) is 4.79 Å². The molecule has 3 nitrogen and oxygen atoms in total. The molecule has 1 amide bonds. The first kappa shape index (κ1) is 14.3. The summed E-state index contributed by atoms with van der Waals surface area (Å²) in [5, 5.41) is 0. The third kappa shape index (κ3) is 4.21. The third-order valence-corrected chi connectivity index (χ3v) is 3.49. The molecular weight excluding hydrogens is 214 g/mol. The smallest absolute Gasteiger partial charge is 0.410 e. The molecule has 1 aliphatic rings. The predicted molar refractivity (Wildman–Crippen MR) is 70.0 cm³/mol. The van der Waals surface area contributed by atoms with E-state index < -0.39 is 5.60 Å². The fraction of sp³-hybridized carbons (Fsp3) is 0.929. The van der Waals surface area contributed by atoms with Crippen molar-refractivity contribution in [3.8, 4) is 0 Å². The maximum atomic E-state index is 12.0. The minimum atomic E-state index is -0.397. The molecule has 0 N–H and O–H groups in total. The quantitative estimate of drug-likeness (QED) is 0.701. The summed E-state index contributed by atoms with van der Waals surface area (Å²) < 4.78 is 5.43. The highest BCUT2D eigenvalue weighted by Gasteiger charge is 2.32. The molecule has 0 aromatic heterocycles. The van der Waals surface area contributed by atoms with Gasteiger partial charge in [-0.25, -0.2) is 4.79 Å². The second-order valence-electron chi connectivity index (χ2n) is 6.55. The summed E-state index contributed by atoms with van der Waals surface area (Å²) in [5.41, 5.74) is -0.397. The van der Waals surface area contributed by atoms with Crippen molar-refractivity contribution in [1.29, 1.82) is 0 Å². The van der Waals surface area contributed by atoms with Gasteiger partial charge in [0.2, 0.25) is 0 Å². The average Bonchev–Trinajstić information content (AvgIpc) is 2.14. The van der Waals surface area contributed by atoms with Crippen LogP contribution in [0.15, 0.2) is 0 Å². The van der Waals surface area contributed by atoms with Crippen LogP contribution in [-0.4, -0.2) is 29.2 Å².